The molecule has 0 aliphatic carbocycles. The third kappa shape index (κ3) is 5.33. The predicted molar refractivity (Wildman–Crippen MR) is 61.4 cm³/mol. The number of hydrogen-bond acceptors (Lipinski definition) is 5. The molecule has 104 valence electrons. The van der Waals surface area contributed by atoms with E-state index in [-0.39, 0.29) is 12.3 Å². The fourth-order valence-corrected chi connectivity index (χ4v) is 1.78. The zero-order chi connectivity index (χ0) is 13.4. The average molecular weight is 261 g/mol. The summed E-state index contributed by atoms with van der Waals surface area (Å²) >= 11 is 0. The molecule has 1 fully saturated rings. The second-order valence-corrected chi connectivity index (χ2v) is 4.01. The van der Waals surface area contributed by atoms with Crippen LogP contribution < -0.4 is 0 Å². The van der Waals surface area contributed by atoms with Crippen molar-refractivity contribution >= 4 is 12.1 Å². The molecule has 1 amide bonds. The molecule has 1 heterocycles. The second kappa shape index (κ2) is 7.88. The van der Waals surface area contributed by atoms with E-state index in [1.165, 1.54) is 0 Å². The van der Waals surface area contributed by atoms with E-state index in [0.29, 0.717) is 32.9 Å². The number of amides is 1. The van der Waals surface area contributed by atoms with Crippen LogP contribution in [-0.4, -0.2) is 68.2 Å². The van der Waals surface area contributed by atoms with Crippen molar-refractivity contribution in [2.45, 2.75) is 18.9 Å². The van der Waals surface area contributed by atoms with Crippen LogP contribution in [0.2, 0.25) is 0 Å². The van der Waals surface area contributed by atoms with Gasteiger partial charge in [-0.3, -0.25) is 4.79 Å². The molecule has 18 heavy (non-hydrogen) atoms. The Morgan fingerprint density at radius 3 is 2.89 bits per heavy atom. The lowest BCUT2D eigenvalue weighted by atomic mass is 10.3. The molecule has 1 N–H and O–H groups in total. The summed E-state index contributed by atoms with van der Waals surface area (Å²) in [5, 5.41) is 8.46. The summed E-state index contributed by atoms with van der Waals surface area (Å²) in [7, 11) is 1.61. The molecule has 7 heteroatoms. The van der Waals surface area contributed by atoms with E-state index in [1.54, 1.807) is 12.0 Å². The van der Waals surface area contributed by atoms with Gasteiger partial charge in [-0.2, -0.15) is 0 Å². The first-order valence-electron chi connectivity index (χ1n) is 5.87. The van der Waals surface area contributed by atoms with E-state index >= 15 is 0 Å². The van der Waals surface area contributed by atoms with Crippen molar-refractivity contribution in [1.29, 1.82) is 0 Å². The molecular weight excluding hydrogens is 242 g/mol. The van der Waals surface area contributed by atoms with Gasteiger partial charge in [-0.15, -0.1) is 0 Å². The molecule has 1 atom stereocenters. The molecule has 0 aromatic rings. The third-order valence-electron chi connectivity index (χ3n) is 2.60. The molecule has 0 aromatic heterocycles. The van der Waals surface area contributed by atoms with Gasteiger partial charge in [0.05, 0.1) is 26.2 Å². The van der Waals surface area contributed by atoms with Crippen LogP contribution in [0.15, 0.2) is 0 Å². The Morgan fingerprint density at radius 2 is 2.22 bits per heavy atom. The molecular formula is C11H19NO6. The Kier molecular flexibility index (Phi) is 6.45. The standard InChI is InChI=1S/C11H19NO6/c1-16-5-6-17-4-2-3-12-8-9(7-10(12)13)18-11(14)15/h9H,2-8H2,1H3,(H,14,15). The molecule has 1 rings (SSSR count). The number of methoxy groups -OCH3 is 1. The van der Waals surface area contributed by atoms with Crippen LogP contribution >= 0.6 is 0 Å². The van der Waals surface area contributed by atoms with E-state index in [0.717, 1.165) is 6.42 Å². The summed E-state index contributed by atoms with van der Waals surface area (Å²) in [4.78, 5) is 23.5. The van der Waals surface area contributed by atoms with Crippen LogP contribution in [-0.2, 0) is 19.0 Å². The van der Waals surface area contributed by atoms with Gasteiger partial charge in [0.1, 0.15) is 6.10 Å². The number of likely N-dealkylation sites (tertiary alicyclic amines) is 1. The number of hydrogen-bond donors (Lipinski definition) is 1. The van der Waals surface area contributed by atoms with Gasteiger partial charge in [0.2, 0.25) is 5.91 Å². The number of nitrogens with zero attached hydrogens (tertiary/aromatic N) is 1. The molecule has 0 saturated carbocycles. The molecule has 0 bridgehead atoms. The minimum Gasteiger partial charge on any atom is -0.450 e. The van der Waals surface area contributed by atoms with Crippen molar-refractivity contribution < 1.29 is 28.9 Å². The van der Waals surface area contributed by atoms with Gasteiger partial charge in [-0.05, 0) is 6.42 Å². The fraction of sp³-hybridized carbons (Fsp3) is 0.818. The van der Waals surface area contributed by atoms with Gasteiger partial charge in [-0.1, -0.05) is 0 Å². The van der Waals surface area contributed by atoms with Crippen molar-refractivity contribution in [3.05, 3.63) is 0 Å². The van der Waals surface area contributed by atoms with E-state index < -0.39 is 12.3 Å². The molecule has 1 saturated heterocycles. The van der Waals surface area contributed by atoms with Crippen LogP contribution in [0.3, 0.4) is 0 Å². The monoisotopic (exact) mass is 261 g/mol. The number of ether oxygens (including phenoxy) is 3. The SMILES string of the molecule is COCCOCCCN1CC(OC(=O)O)CC1=O. The average Bonchev–Trinajstić information content (AvgIpc) is 2.63. The highest BCUT2D eigenvalue weighted by Crippen LogP contribution is 2.14. The molecule has 1 unspecified atom stereocenters. The summed E-state index contributed by atoms with van der Waals surface area (Å²) in [5.74, 6) is -0.0712. The number of carboxylic acid groups (broad SMARTS) is 1. The predicted octanol–water partition coefficient (Wildman–Crippen LogP) is 0.335. The first-order chi connectivity index (χ1) is 8.63. The Labute approximate surface area is 106 Å². The Balaban J connectivity index is 2.11. The van der Waals surface area contributed by atoms with Crippen molar-refractivity contribution in [3.8, 4) is 0 Å². The zero-order valence-electron chi connectivity index (χ0n) is 10.5. The maximum atomic E-state index is 11.5. The molecule has 0 radical (unpaired) electrons. The van der Waals surface area contributed by atoms with Gasteiger partial charge < -0.3 is 24.2 Å². The van der Waals surface area contributed by atoms with Crippen LogP contribution in [0.4, 0.5) is 4.79 Å². The minimum atomic E-state index is -1.34. The lowest BCUT2D eigenvalue weighted by molar-refractivity contribution is -0.127. The van der Waals surface area contributed by atoms with Crippen LogP contribution in [0.25, 0.3) is 0 Å². The smallest absolute Gasteiger partial charge is 0.450 e. The second-order valence-electron chi connectivity index (χ2n) is 4.01. The maximum absolute atomic E-state index is 11.5. The van der Waals surface area contributed by atoms with Crippen molar-refractivity contribution in [2.24, 2.45) is 0 Å². The molecule has 7 nitrogen and oxygen atoms in total. The van der Waals surface area contributed by atoms with Crippen molar-refractivity contribution in [1.82, 2.24) is 4.90 Å². The first kappa shape index (κ1) is 14.7. The molecule has 0 aromatic carbocycles. The Hall–Kier alpha value is -1.34. The topological polar surface area (TPSA) is 85.3 Å². The number of rotatable bonds is 8. The number of carbonyl (C=O) groups is 2. The normalized spacial score (nSPS) is 19.3. The van der Waals surface area contributed by atoms with E-state index in [9.17, 15) is 9.59 Å². The van der Waals surface area contributed by atoms with Crippen LogP contribution in [0.1, 0.15) is 12.8 Å². The summed E-state index contributed by atoms with van der Waals surface area (Å²) in [6.45, 7) is 2.54. The Bertz CT molecular complexity index is 283. The Morgan fingerprint density at radius 1 is 1.44 bits per heavy atom. The highest BCUT2D eigenvalue weighted by atomic mass is 16.7. The maximum Gasteiger partial charge on any atom is 0.506 e. The third-order valence-corrected chi connectivity index (χ3v) is 2.60. The molecule has 0 spiro atoms. The summed E-state index contributed by atoms with van der Waals surface area (Å²) < 4.78 is 14.7. The van der Waals surface area contributed by atoms with Gasteiger partial charge in [0.15, 0.2) is 0 Å². The summed E-state index contributed by atoms with van der Waals surface area (Å²) in [6.07, 6.45) is -1.02. The zero-order valence-corrected chi connectivity index (χ0v) is 10.5. The molecule has 1 aliphatic rings. The molecule has 1 aliphatic heterocycles. The number of carbonyl (C=O) groups excluding carboxylic acids is 1. The van der Waals surface area contributed by atoms with Gasteiger partial charge >= 0.3 is 6.16 Å². The van der Waals surface area contributed by atoms with Crippen LogP contribution in [0.5, 0.6) is 0 Å². The fourth-order valence-electron chi connectivity index (χ4n) is 1.78. The largest absolute Gasteiger partial charge is 0.506 e. The lowest BCUT2D eigenvalue weighted by Crippen LogP contribution is -2.28. The van der Waals surface area contributed by atoms with Crippen molar-refractivity contribution in [3.63, 3.8) is 0 Å². The van der Waals surface area contributed by atoms with E-state index in [4.69, 9.17) is 14.6 Å². The minimum absolute atomic E-state index is 0.0712. The summed E-state index contributed by atoms with van der Waals surface area (Å²) in [6, 6.07) is 0. The van der Waals surface area contributed by atoms with E-state index in [2.05, 4.69) is 4.74 Å². The van der Waals surface area contributed by atoms with Crippen LogP contribution in [0, 0.1) is 0 Å². The lowest BCUT2D eigenvalue weighted by Gasteiger charge is -2.15. The van der Waals surface area contributed by atoms with Gasteiger partial charge in [0, 0.05) is 20.3 Å². The highest BCUT2D eigenvalue weighted by Gasteiger charge is 2.31. The van der Waals surface area contributed by atoms with Gasteiger partial charge in [0.25, 0.3) is 0 Å². The summed E-state index contributed by atoms with van der Waals surface area (Å²) in [5.41, 5.74) is 0. The quantitative estimate of drug-likeness (QED) is 0.501. The first-order valence-corrected chi connectivity index (χ1v) is 5.87. The highest BCUT2D eigenvalue weighted by molar-refractivity contribution is 5.79. The van der Waals surface area contributed by atoms with E-state index in [1.807, 2.05) is 0 Å². The van der Waals surface area contributed by atoms with Crippen molar-refractivity contribution in [2.75, 3.05) is 40.0 Å². The van der Waals surface area contributed by atoms with Gasteiger partial charge in [-0.25, -0.2) is 4.79 Å².